The fourth-order valence-corrected chi connectivity index (χ4v) is 2.39. The first kappa shape index (κ1) is 11.3. The molecule has 88 valence electrons. The number of piperidine rings is 1. The van der Waals surface area contributed by atoms with Gasteiger partial charge in [0.15, 0.2) is 0 Å². The van der Waals surface area contributed by atoms with Gasteiger partial charge in [0.1, 0.15) is 17.8 Å². The predicted molar refractivity (Wildman–Crippen MR) is 52.0 cm³/mol. The smallest absolute Gasteiger partial charge is 0.129 e. The molecule has 2 fully saturated rings. The zero-order valence-corrected chi connectivity index (χ0v) is 8.50. The molecule has 4 atom stereocenters. The zero-order chi connectivity index (χ0) is 11.1. The van der Waals surface area contributed by atoms with E-state index in [0.717, 1.165) is 19.5 Å². The Hall–Kier alpha value is -0.240. The number of fused-ring (bicyclic) bond motifs is 1. The van der Waals surface area contributed by atoms with Crippen LogP contribution in [0.4, 0.5) is 0 Å². The predicted octanol–water partition coefficient (Wildman–Crippen LogP) is -2.93. The van der Waals surface area contributed by atoms with Crippen molar-refractivity contribution in [2.24, 2.45) is 0 Å². The maximum atomic E-state index is 9.93. The van der Waals surface area contributed by atoms with Crippen molar-refractivity contribution in [3.63, 3.8) is 0 Å². The van der Waals surface area contributed by atoms with Crippen LogP contribution in [0.3, 0.4) is 0 Å². The van der Waals surface area contributed by atoms with Crippen LogP contribution in [0.5, 0.6) is 0 Å². The summed E-state index contributed by atoms with van der Waals surface area (Å²) in [5, 5.41) is 41.6. The molecule has 0 aromatic heterocycles. The van der Waals surface area contributed by atoms with Crippen molar-refractivity contribution in [3.05, 3.63) is 0 Å². The van der Waals surface area contributed by atoms with Gasteiger partial charge in [0.05, 0.1) is 12.8 Å². The molecule has 0 spiro atoms. The van der Waals surface area contributed by atoms with E-state index in [4.69, 9.17) is 5.11 Å². The van der Waals surface area contributed by atoms with Gasteiger partial charge in [0, 0.05) is 13.1 Å². The second kappa shape index (κ2) is 3.97. The standard InChI is InChI=1S/C9H18N2O4/c12-5-9(15)4-11-3-1-2-10-8(11)6(13)7(9)14/h6-8,10,12-15H,1-5H2/t6-,7-,8-,9-/m1/s1. The number of aliphatic hydroxyl groups excluding tert-OH is 3. The van der Waals surface area contributed by atoms with E-state index < -0.39 is 24.4 Å². The monoisotopic (exact) mass is 218 g/mol. The highest BCUT2D eigenvalue weighted by Crippen LogP contribution is 2.26. The number of rotatable bonds is 1. The van der Waals surface area contributed by atoms with Gasteiger partial charge in [-0.05, 0) is 13.0 Å². The molecule has 0 aromatic carbocycles. The second-order valence-corrected chi connectivity index (χ2v) is 4.42. The van der Waals surface area contributed by atoms with Crippen LogP contribution in [0, 0.1) is 0 Å². The highest BCUT2D eigenvalue weighted by Gasteiger charge is 2.50. The molecule has 5 N–H and O–H groups in total. The average Bonchev–Trinajstić information content (AvgIpc) is 2.26. The van der Waals surface area contributed by atoms with Gasteiger partial charge >= 0.3 is 0 Å². The minimum absolute atomic E-state index is 0.180. The van der Waals surface area contributed by atoms with Crippen molar-refractivity contribution in [1.29, 1.82) is 0 Å². The van der Waals surface area contributed by atoms with E-state index in [9.17, 15) is 15.3 Å². The number of nitrogens with one attached hydrogen (secondary N) is 1. The topological polar surface area (TPSA) is 96.2 Å². The summed E-state index contributed by atoms with van der Waals surface area (Å²) < 4.78 is 0. The van der Waals surface area contributed by atoms with Gasteiger partial charge in [-0.3, -0.25) is 10.2 Å². The van der Waals surface area contributed by atoms with Crippen LogP contribution >= 0.6 is 0 Å². The number of hydrogen-bond acceptors (Lipinski definition) is 6. The first-order valence-corrected chi connectivity index (χ1v) is 5.25. The van der Waals surface area contributed by atoms with Crippen LogP contribution < -0.4 is 5.32 Å². The van der Waals surface area contributed by atoms with Crippen molar-refractivity contribution in [2.75, 3.05) is 26.2 Å². The van der Waals surface area contributed by atoms with Gasteiger partial charge in [-0.1, -0.05) is 0 Å². The van der Waals surface area contributed by atoms with Crippen LogP contribution in [-0.2, 0) is 0 Å². The summed E-state index contributed by atoms with van der Waals surface area (Å²) in [4.78, 5) is 1.86. The second-order valence-electron chi connectivity index (χ2n) is 4.42. The minimum atomic E-state index is -1.62. The molecule has 0 amide bonds. The highest BCUT2D eigenvalue weighted by molar-refractivity contribution is 5.03. The quantitative estimate of drug-likeness (QED) is 0.323. The summed E-state index contributed by atoms with van der Waals surface area (Å²) in [6, 6.07) is 0. The zero-order valence-electron chi connectivity index (χ0n) is 8.50. The van der Waals surface area contributed by atoms with Crippen molar-refractivity contribution >= 4 is 0 Å². The van der Waals surface area contributed by atoms with E-state index in [1.807, 2.05) is 4.90 Å². The molecule has 0 aliphatic carbocycles. The lowest BCUT2D eigenvalue weighted by molar-refractivity contribution is -0.212. The normalized spacial score (nSPS) is 47.6. The Morgan fingerprint density at radius 1 is 1.40 bits per heavy atom. The lowest BCUT2D eigenvalue weighted by atomic mass is 9.85. The van der Waals surface area contributed by atoms with Gasteiger partial charge < -0.3 is 20.4 Å². The first-order chi connectivity index (χ1) is 7.08. The summed E-state index contributed by atoms with van der Waals surface area (Å²) in [7, 11) is 0. The third-order valence-electron chi connectivity index (χ3n) is 3.32. The molecule has 2 rings (SSSR count). The molecular formula is C9H18N2O4. The number of aliphatic hydroxyl groups is 4. The third kappa shape index (κ3) is 1.77. The van der Waals surface area contributed by atoms with Crippen LogP contribution in [0.2, 0.25) is 0 Å². The maximum absolute atomic E-state index is 9.93. The minimum Gasteiger partial charge on any atom is -0.393 e. The molecule has 2 aliphatic heterocycles. The fourth-order valence-electron chi connectivity index (χ4n) is 2.39. The fraction of sp³-hybridized carbons (Fsp3) is 1.00. The Labute approximate surface area is 88.1 Å². The van der Waals surface area contributed by atoms with E-state index in [0.29, 0.717) is 0 Å². The van der Waals surface area contributed by atoms with Gasteiger partial charge in [0.25, 0.3) is 0 Å². The average molecular weight is 218 g/mol. The van der Waals surface area contributed by atoms with Gasteiger partial charge in [0.2, 0.25) is 0 Å². The summed E-state index contributed by atoms with van der Waals surface area (Å²) in [5.41, 5.74) is -1.62. The Bertz CT molecular complexity index is 236. The molecule has 6 nitrogen and oxygen atoms in total. The molecule has 6 heteroatoms. The van der Waals surface area contributed by atoms with Crippen LogP contribution in [0.1, 0.15) is 6.42 Å². The van der Waals surface area contributed by atoms with Gasteiger partial charge in [-0.15, -0.1) is 0 Å². The maximum Gasteiger partial charge on any atom is 0.129 e. The summed E-state index contributed by atoms with van der Waals surface area (Å²) in [5.74, 6) is 0. The molecule has 0 aromatic rings. The number of nitrogens with zero attached hydrogens (tertiary/aromatic N) is 1. The number of hydrogen-bond donors (Lipinski definition) is 5. The molecule has 0 saturated carbocycles. The summed E-state index contributed by atoms with van der Waals surface area (Å²) in [6.45, 7) is 1.18. The van der Waals surface area contributed by atoms with Crippen molar-refractivity contribution in [2.45, 2.75) is 30.4 Å². The van der Waals surface area contributed by atoms with Crippen LogP contribution in [-0.4, -0.2) is 75.5 Å². The molecule has 2 heterocycles. The molecule has 15 heavy (non-hydrogen) atoms. The van der Waals surface area contributed by atoms with E-state index >= 15 is 0 Å². The first-order valence-electron chi connectivity index (χ1n) is 5.25. The van der Waals surface area contributed by atoms with Crippen LogP contribution in [0.15, 0.2) is 0 Å². The van der Waals surface area contributed by atoms with E-state index in [2.05, 4.69) is 5.32 Å². The lowest BCUT2D eigenvalue weighted by Crippen LogP contribution is -2.73. The van der Waals surface area contributed by atoms with Crippen molar-refractivity contribution in [3.8, 4) is 0 Å². The highest BCUT2D eigenvalue weighted by atomic mass is 16.4. The van der Waals surface area contributed by atoms with E-state index in [1.165, 1.54) is 0 Å². The Morgan fingerprint density at radius 3 is 2.80 bits per heavy atom. The largest absolute Gasteiger partial charge is 0.393 e. The Kier molecular flexibility index (Phi) is 2.98. The molecule has 0 unspecified atom stereocenters. The van der Waals surface area contributed by atoms with Gasteiger partial charge in [-0.2, -0.15) is 0 Å². The van der Waals surface area contributed by atoms with Crippen molar-refractivity contribution in [1.82, 2.24) is 10.2 Å². The molecule has 0 radical (unpaired) electrons. The molecule has 0 bridgehead atoms. The summed E-state index contributed by atoms with van der Waals surface area (Å²) in [6.07, 6.45) is -1.77. The SMILES string of the molecule is OC[C@]1(O)CN2CCCN[C@H]2[C@H](O)[C@H]1O. The lowest BCUT2D eigenvalue weighted by Gasteiger charge is -2.51. The molecular weight excluding hydrogens is 200 g/mol. The van der Waals surface area contributed by atoms with E-state index in [1.54, 1.807) is 0 Å². The molecule has 2 saturated heterocycles. The molecule has 2 aliphatic rings. The Morgan fingerprint density at radius 2 is 2.13 bits per heavy atom. The summed E-state index contributed by atoms with van der Waals surface area (Å²) >= 11 is 0. The van der Waals surface area contributed by atoms with Crippen LogP contribution in [0.25, 0.3) is 0 Å². The van der Waals surface area contributed by atoms with Crippen molar-refractivity contribution < 1.29 is 20.4 Å². The third-order valence-corrected chi connectivity index (χ3v) is 3.32. The van der Waals surface area contributed by atoms with E-state index in [-0.39, 0.29) is 12.7 Å². The van der Waals surface area contributed by atoms with Gasteiger partial charge in [-0.25, -0.2) is 0 Å². The Balaban J connectivity index is 2.17.